The van der Waals surface area contributed by atoms with Gasteiger partial charge in [-0.05, 0) is 11.8 Å². The van der Waals surface area contributed by atoms with Gasteiger partial charge in [0, 0.05) is 6.54 Å². The van der Waals surface area contributed by atoms with Gasteiger partial charge in [0.2, 0.25) is 0 Å². The van der Waals surface area contributed by atoms with E-state index in [0.29, 0.717) is 17.7 Å². The quantitative estimate of drug-likeness (QED) is 0.801. The standard InChI is InChI=1S/C10H20N4/c1-5-8(4)6-14-9(7(2)3)10(11)12-13-14/h7-8H,5-6,11H2,1-4H3. The second-order valence-corrected chi connectivity index (χ2v) is 4.21. The maximum Gasteiger partial charge on any atom is 0.169 e. The molecule has 80 valence electrons. The van der Waals surface area contributed by atoms with Crippen molar-refractivity contribution in [3.63, 3.8) is 0 Å². The third-order valence-electron chi connectivity index (χ3n) is 2.53. The zero-order chi connectivity index (χ0) is 10.7. The van der Waals surface area contributed by atoms with Crippen LogP contribution in [0.25, 0.3) is 0 Å². The molecule has 4 heteroatoms. The molecule has 2 N–H and O–H groups in total. The van der Waals surface area contributed by atoms with Gasteiger partial charge in [0.05, 0.1) is 5.69 Å². The molecule has 1 unspecified atom stereocenters. The van der Waals surface area contributed by atoms with Crippen LogP contribution in [0.4, 0.5) is 5.82 Å². The number of hydrogen-bond donors (Lipinski definition) is 1. The first-order chi connectivity index (χ1) is 6.56. The average Bonchev–Trinajstić information content (AvgIpc) is 2.46. The molecular weight excluding hydrogens is 176 g/mol. The van der Waals surface area contributed by atoms with Crippen molar-refractivity contribution in [2.24, 2.45) is 5.92 Å². The molecule has 0 aliphatic rings. The molecule has 0 radical (unpaired) electrons. The lowest BCUT2D eigenvalue weighted by molar-refractivity contribution is 0.417. The fourth-order valence-corrected chi connectivity index (χ4v) is 1.49. The second-order valence-electron chi connectivity index (χ2n) is 4.21. The predicted octanol–water partition coefficient (Wildman–Crippen LogP) is 2.03. The Hall–Kier alpha value is -1.06. The Morgan fingerprint density at radius 2 is 2.00 bits per heavy atom. The van der Waals surface area contributed by atoms with Crippen LogP contribution >= 0.6 is 0 Å². The van der Waals surface area contributed by atoms with Gasteiger partial charge in [-0.3, -0.25) is 0 Å². The number of anilines is 1. The summed E-state index contributed by atoms with van der Waals surface area (Å²) in [6.07, 6.45) is 1.15. The van der Waals surface area contributed by atoms with Crippen molar-refractivity contribution in [2.45, 2.75) is 46.6 Å². The minimum Gasteiger partial charge on any atom is -0.381 e. The summed E-state index contributed by atoms with van der Waals surface area (Å²) in [5.74, 6) is 1.57. The molecule has 14 heavy (non-hydrogen) atoms. The molecule has 1 aromatic heterocycles. The molecule has 0 fully saturated rings. The smallest absolute Gasteiger partial charge is 0.169 e. The highest BCUT2D eigenvalue weighted by atomic mass is 15.4. The van der Waals surface area contributed by atoms with Gasteiger partial charge < -0.3 is 5.73 Å². The Morgan fingerprint density at radius 1 is 1.36 bits per heavy atom. The maximum atomic E-state index is 5.77. The molecular formula is C10H20N4. The summed E-state index contributed by atoms with van der Waals surface area (Å²) in [5.41, 5.74) is 6.83. The minimum atomic E-state index is 0.383. The van der Waals surface area contributed by atoms with Crippen LogP contribution in [0.3, 0.4) is 0 Å². The van der Waals surface area contributed by atoms with Crippen molar-refractivity contribution in [1.82, 2.24) is 15.0 Å². The summed E-state index contributed by atoms with van der Waals surface area (Å²) in [4.78, 5) is 0. The van der Waals surface area contributed by atoms with Crippen LogP contribution in [0.5, 0.6) is 0 Å². The lowest BCUT2D eigenvalue weighted by atomic mass is 10.1. The number of nitrogen functional groups attached to an aromatic ring is 1. The molecule has 4 nitrogen and oxygen atoms in total. The first-order valence-corrected chi connectivity index (χ1v) is 5.25. The van der Waals surface area contributed by atoms with Crippen LogP contribution < -0.4 is 5.73 Å². The molecule has 0 amide bonds. The molecule has 0 aromatic carbocycles. The van der Waals surface area contributed by atoms with Crippen LogP contribution in [0.2, 0.25) is 0 Å². The van der Waals surface area contributed by atoms with E-state index in [-0.39, 0.29) is 0 Å². The van der Waals surface area contributed by atoms with Gasteiger partial charge in [-0.15, -0.1) is 5.10 Å². The summed E-state index contributed by atoms with van der Waals surface area (Å²) in [5, 5.41) is 7.98. The zero-order valence-electron chi connectivity index (χ0n) is 9.49. The number of aromatic nitrogens is 3. The molecule has 0 bridgehead atoms. The van der Waals surface area contributed by atoms with Crippen LogP contribution in [0.1, 0.15) is 45.7 Å². The summed E-state index contributed by atoms with van der Waals surface area (Å²) < 4.78 is 1.94. The van der Waals surface area contributed by atoms with Crippen LogP contribution in [-0.2, 0) is 6.54 Å². The molecule has 1 heterocycles. The normalized spacial score (nSPS) is 13.5. The number of nitrogens with zero attached hydrogens (tertiary/aromatic N) is 3. The van der Waals surface area contributed by atoms with Crippen molar-refractivity contribution in [2.75, 3.05) is 5.73 Å². The summed E-state index contributed by atoms with van der Waals surface area (Å²) in [6.45, 7) is 9.53. The van der Waals surface area contributed by atoms with E-state index in [1.54, 1.807) is 0 Å². The Balaban J connectivity index is 2.86. The van der Waals surface area contributed by atoms with Crippen molar-refractivity contribution in [3.8, 4) is 0 Å². The van der Waals surface area contributed by atoms with E-state index in [1.807, 2.05) is 4.68 Å². The van der Waals surface area contributed by atoms with Crippen molar-refractivity contribution in [1.29, 1.82) is 0 Å². The topological polar surface area (TPSA) is 56.7 Å². The summed E-state index contributed by atoms with van der Waals surface area (Å²) in [6, 6.07) is 0. The van der Waals surface area contributed by atoms with Crippen molar-refractivity contribution in [3.05, 3.63) is 5.69 Å². The van der Waals surface area contributed by atoms with Crippen LogP contribution in [-0.4, -0.2) is 15.0 Å². The highest BCUT2D eigenvalue weighted by Gasteiger charge is 2.14. The van der Waals surface area contributed by atoms with Crippen LogP contribution in [0.15, 0.2) is 0 Å². The summed E-state index contributed by atoms with van der Waals surface area (Å²) >= 11 is 0. The Labute approximate surface area is 85.5 Å². The highest BCUT2D eigenvalue weighted by Crippen LogP contribution is 2.20. The molecule has 0 saturated carbocycles. The van der Waals surface area contributed by atoms with Gasteiger partial charge in [-0.2, -0.15) is 0 Å². The second kappa shape index (κ2) is 4.44. The lowest BCUT2D eigenvalue weighted by Gasteiger charge is -2.12. The predicted molar refractivity (Wildman–Crippen MR) is 58.0 cm³/mol. The third-order valence-corrected chi connectivity index (χ3v) is 2.53. The molecule has 0 saturated heterocycles. The fraction of sp³-hybridized carbons (Fsp3) is 0.800. The largest absolute Gasteiger partial charge is 0.381 e. The van der Waals surface area contributed by atoms with E-state index in [4.69, 9.17) is 5.73 Å². The fourth-order valence-electron chi connectivity index (χ4n) is 1.49. The van der Waals surface area contributed by atoms with Crippen LogP contribution in [0, 0.1) is 5.92 Å². The first kappa shape index (κ1) is 11.0. The van der Waals surface area contributed by atoms with Crippen molar-refractivity contribution >= 4 is 5.82 Å². The number of rotatable bonds is 4. The Bertz CT molecular complexity index is 290. The SMILES string of the molecule is CCC(C)Cn1nnc(N)c1C(C)C. The van der Waals surface area contributed by atoms with Gasteiger partial charge in [0.25, 0.3) is 0 Å². The molecule has 0 aliphatic carbocycles. The van der Waals surface area contributed by atoms with E-state index in [0.717, 1.165) is 18.7 Å². The Kier molecular flexibility index (Phi) is 3.49. The summed E-state index contributed by atoms with van der Waals surface area (Å²) in [7, 11) is 0. The zero-order valence-corrected chi connectivity index (χ0v) is 9.49. The van der Waals surface area contributed by atoms with Crippen molar-refractivity contribution < 1.29 is 0 Å². The van der Waals surface area contributed by atoms with E-state index < -0.39 is 0 Å². The van der Waals surface area contributed by atoms with Gasteiger partial charge in [-0.25, -0.2) is 4.68 Å². The third kappa shape index (κ3) is 2.25. The minimum absolute atomic E-state index is 0.383. The molecule has 1 atom stereocenters. The monoisotopic (exact) mass is 196 g/mol. The highest BCUT2D eigenvalue weighted by molar-refractivity contribution is 5.35. The molecule has 1 aromatic rings. The maximum absolute atomic E-state index is 5.77. The van der Waals surface area contributed by atoms with E-state index >= 15 is 0 Å². The molecule has 1 rings (SSSR count). The average molecular weight is 196 g/mol. The number of nitrogens with two attached hydrogens (primary N) is 1. The first-order valence-electron chi connectivity index (χ1n) is 5.25. The van der Waals surface area contributed by atoms with E-state index in [2.05, 4.69) is 38.0 Å². The van der Waals surface area contributed by atoms with E-state index in [9.17, 15) is 0 Å². The molecule has 0 spiro atoms. The van der Waals surface area contributed by atoms with E-state index in [1.165, 1.54) is 0 Å². The Morgan fingerprint density at radius 3 is 2.50 bits per heavy atom. The molecule has 0 aliphatic heterocycles. The lowest BCUT2D eigenvalue weighted by Crippen LogP contribution is -2.12. The van der Waals surface area contributed by atoms with Gasteiger partial charge in [0.1, 0.15) is 0 Å². The van der Waals surface area contributed by atoms with Gasteiger partial charge in [-0.1, -0.05) is 39.3 Å². The number of hydrogen-bond acceptors (Lipinski definition) is 3. The van der Waals surface area contributed by atoms with Gasteiger partial charge >= 0.3 is 0 Å². The van der Waals surface area contributed by atoms with Gasteiger partial charge in [0.15, 0.2) is 5.82 Å².